The highest BCUT2D eigenvalue weighted by Gasteiger charge is 2.58. The molecule has 2 aliphatic rings. The Morgan fingerprint density at radius 3 is 2.58 bits per heavy atom. The van der Waals surface area contributed by atoms with Gasteiger partial charge in [-0.1, -0.05) is 12.1 Å². The zero-order valence-electron chi connectivity index (χ0n) is 16.1. The fraction of sp³-hybridized carbons (Fsp3) is 0.333. The fourth-order valence-electron chi connectivity index (χ4n) is 4.46. The molecule has 1 aliphatic carbocycles. The lowest BCUT2D eigenvalue weighted by Crippen LogP contribution is -2.66. The van der Waals surface area contributed by atoms with Crippen LogP contribution in [0.3, 0.4) is 0 Å². The van der Waals surface area contributed by atoms with Crippen molar-refractivity contribution in [2.24, 2.45) is 11.3 Å². The predicted octanol–water partition coefficient (Wildman–Crippen LogP) is 4.10. The lowest BCUT2D eigenvalue weighted by atomic mass is 9.57. The number of likely N-dealkylation sites (tertiary alicyclic amines) is 1. The number of benzene rings is 1. The average molecular weight is 446 g/mol. The summed E-state index contributed by atoms with van der Waals surface area (Å²) in [5.41, 5.74) is 2.44. The molecule has 2 fully saturated rings. The summed E-state index contributed by atoms with van der Waals surface area (Å²) in [6.07, 6.45) is -0.404. The normalized spacial score (nSPS) is 18.0. The Balaban J connectivity index is 1.21. The van der Waals surface area contributed by atoms with E-state index in [-0.39, 0.29) is 30.3 Å². The smallest absolute Gasteiger partial charge is 0.334 e. The van der Waals surface area contributed by atoms with Crippen molar-refractivity contribution in [1.29, 1.82) is 0 Å². The Labute approximate surface area is 179 Å². The number of nitrogens with zero attached hydrogens (tertiary/aromatic N) is 3. The molecule has 0 atom stereocenters. The first kappa shape index (κ1) is 19.9. The molecule has 1 aliphatic heterocycles. The van der Waals surface area contributed by atoms with Crippen molar-refractivity contribution in [2.75, 3.05) is 18.4 Å². The molecule has 0 bridgehead atoms. The highest BCUT2D eigenvalue weighted by Crippen LogP contribution is 2.52. The van der Waals surface area contributed by atoms with Crippen molar-refractivity contribution in [3.63, 3.8) is 0 Å². The topological polar surface area (TPSA) is 75.2 Å². The van der Waals surface area contributed by atoms with Gasteiger partial charge >= 0.3 is 12.1 Å². The fourth-order valence-corrected chi connectivity index (χ4v) is 5.08. The number of pyridine rings is 1. The first-order valence-corrected chi connectivity index (χ1v) is 10.6. The lowest BCUT2D eigenvalue weighted by Gasteiger charge is -2.58. The quantitative estimate of drug-likeness (QED) is 0.658. The number of fused-ring (bicyclic) bond motifs is 1. The molecule has 1 spiro atoms. The SMILES string of the molecule is O=C(Nc1cc2cc(-c3cncs3)ccc2cn1)C1CC2(C1)CN(C(=O)C(F)(F)F)C2. The van der Waals surface area contributed by atoms with Gasteiger partial charge in [0.05, 0.1) is 10.4 Å². The lowest BCUT2D eigenvalue weighted by molar-refractivity contribution is -0.203. The van der Waals surface area contributed by atoms with E-state index in [4.69, 9.17) is 0 Å². The predicted molar refractivity (Wildman–Crippen MR) is 109 cm³/mol. The van der Waals surface area contributed by atoms with Gasteiger partial charge in [0.15, 0.2) is 0 Å². The second kappa shape index (κ2) is 7.01. The molecular formula is C21H17F3N4O2S. The van der Waals surface area contributed by atoms with Crippen LogP contribution in [0.15, 0.2) is 42.2 Å². The summed E-state index contributed by atoms with van der Waals surface area (Å²) >= 11 is 1.54. The molecule has 2 amide bonds. The molecule has 5 rings (SSSR count). The number of carbonyl (C=O) groups is 2. The van der Waals surface area contributed by atoms with Crippen LogP contribution in [0.25, 0.3) is 21.2 Å². The van der Waals surface area contributed by atoms with Crippen molar-refractivity contribution in [3.05, 3.63) is 42.2 Å². The van der Waals surface area contributed by atoms with Crippen molar-refractivity contribution >= 4 is 39.7 Å². The van der Waals surface area contributed by atoms with E-state index in [0.29, 0.717) is 18.7 Å². The number of alkyl halides is 3. The zero-order valence-corrected chi connectivity index (χ0v) is 17.0. The van der Waals surface area contributed by atoms with Crippen LogP contribution in [0.2, 0.25) is 0 Å². The molecule has 1 N–H and O–H groups in total. The summed E-state index contributed by atoms with van der Waals surface area (Å²) in [5, 5.41) is 4.69. The highest BCUT2D eigenvalue weighted by molar-refractivity contribution is 7.13. The van der Waals surface area contributed by atoms with E-state index < -0.39 is 12.1 Å². The molecular weight excluding hydrogens is 429 g/mol. The van der Waals surface area contributed by atoms with Crippen LogP contribution in [-0.2, 0) is 9.59 Å². The highest BCUT2D eigenvalue weighted by atomic mass is 32.1. The van der Waals surface area contributed by atoms with E-state index in [9.17, 15) is 22.8 Å². The number of thiazole rings is 1. The van der Waals surface area contributed by atoms with Crippen molar-refractivity contribution in [1.82, 2.24) is 14.9 Å². The minimum atomic E-state index is -4.84. The number of aromatic nitrogens is 2. The van der Waals surface area contributed by atoms with E-state index in [1.54, 1.807) is 35.3 Å². The molecule has 2 aromatic heterocycles. The third-order valence-corrected chi connectivity index (χ3v) is 6.82. The number of nitrogens with one attached hydrogen (secondary N) is 1. The van der Waals surface area contributed by atoms with E-state index in [0.717, 1.165) is 26.1 Å². The summed E-state index contributed by atoms with van der Waals surface area (Å²) in [4.78, 5) is 34.1. The van der Waals surface area contributed by atoms with E-state index in [1.165, 1.54) is 0 Å². The number of anilines is 1. The summed E-state index contributed by atoms with van der Waals surface area (Å²) in [7, 11) is 0. The molecule has 1 aromatic carbocycles. The number of carbonyl (C=O) groups excluding carboxylic acids is 2. The first-order chi connectivity index (χ1) is 14.7. The number of rotatable bonds is 3. The first-order valence-electron chi connectivity index (χ1n) is 9.68. The van der Waals surface area contributed by atoms with Crippen LogP contribution >= 0.6 is 11.3 Å². The van der Waals surface area contributed by atoms with Crippen LogP contribution in [0.1, 0.15) is 12.8 Å². The Kier molecular flexibility index (Phi) is 4.51. The average Bonchev–Trinajstić information content (AvgIpc) is 3.19. The Bertz CT molecular complexity index is 1170. The standard InChI is InChI=1S/C21H17F3N4O2S/c22-21(23,24)19(30)28-9-20(10-28)5-15(6-20)18(29)27-17-4-14-3-12(16-8-25-11-31-16)1-2-13(14)7-26-17/h1-4,7-8,11,15H,5-6,9-10H2,(H,26,27,29). The number of hydrogen-bond acceptors (Lipinski definition) is 5. The monoisotopic (exact) mass is 446 g/mol. The Hall–Kier alpha value is -3.01. The summed E-state index contributed by atoms with van der Waals surface area (Å²) in [5.74, 6) is -1.85. The van der Waals surface area contributed by atoms with Gasteiger partial charge in [0, 0.05) is 42.2 Å². The Morgan fingerprint density at radius 1 is 1.13 bits per heavy atom. The van der Waals surface area contributed by atoms with Gasteiger partial charge in [-0.05, 0) is 35.9 Å². The van der Waals surface area contributed by atoms with Gasteiger partial charge in [-0.15, -0.1) is 11.3 Å². The minimum absolute atomic E-state index is 0.0592. The minimum Gasteiger partial charge on any atom is -0.334 e. The van der Waals surface area contributed by atoms with E-state index >= 15 is 0 Å². The van der Waals surface area contributed by atoms with Crippen LogP contribution < -0.4 is 5.32 Å². The molecule has 10 heteroatoms. The Morgan fingerprint density at radius 2 is 1.90 bits per heavy atom. The number of amides is 2. The van der Waals surface area contributed by atoms with Gasteiger partial charge in [-0.2, -0.15) is 13.2 Å². The summed E-state index contributed by atoms with van der Waals surface area (Å²) in [6.45, 7) is 0.118. The summed E-state index contributed by atoms with van der Waals surface area (Å²) < 4.78 is 37.5. The van der Waals surface area contributed by atoms with Gasteiger partial charge in [-0.25, -0.2) is 4.98 Å². The van der Waals surface area contributed by atoms with Crippen molar-refractivity contribution in [2.45, 2.75) is 19.0 Å². The molecule has 3 aromatic rings. The van der Waals surface area contributed by atoms with Crippen LogP contribution in [0.5, 0.6) is 0 Å². The zero-order chi connectivity index (χ0) is 21.8. The molecule has 1 saturated carbocycles. The third-order valence-electron chi connectivity index (χ3n) is 6.00. The largest absolute Gasteiger partial charge is 0.471 e. The molecule has 1 saturated heterocycles. The van der Waals surface area contributed by atoms with Crippen molar-refractivity contribution in [3.8, 4) is 10.4 Å². The maximum Gasteiger partial charge on any atom is 0.471 e. The van der Waals surface area contributed by atoms with E-state index in [1.807, 2.05) is 18.2 Å². The van der Waals surface area contributed by atoms with Gasteiger partial charge in [0.2, 0.25) is 5.91 Å². The van der Waals surface area contributed by atoms with Gasteiger partial charge in [-0.3, -0.25) is 14.6 Å². The molecule has 0 radical (unpaired) electrons. The molecule has 31 heavy (non-hydrogen) atoms. The molecule has 3 heterocycles. The van der Waals surface area contributed by atoms with E-state index in [2.05, 4.69) is 15.3 Å². The van der Waals surface area contributed by atoms with Crippen molar-refractivity contribution < 1.29 is 22.8 Å². The maximum absolute atomic E-state index is 12.6. The van der Waals surface area contributed by atoms with Gasteiger partial charge in [0.25, 0.3) is 0 Å². The van der Waals surface area contributed by atoms with Crippen LogP contribution in [0.4, 0.5) is 19.0 Å². The van der Waals surface area contributed by atoms with Crippen LogP contribution in [0, 0.1) is 11.3 Å². The van der Waals surface area contributed by atoms with Crippen LogP contribution in [-0.4, -0.2) is 45.9 Å². The third kappa shape index (κ3) is 3.65. The number of hydrogen-bond donors (Lipinski definition) is 1. The second-order valence-electron chi connectivity index (χ2n) is 8.25. The summed E-state index contributed by atoms with van der Waals surface area (Å²) in [6, 6.07) is 7.77. The number of halogens is 3. The molecule has 0 unspecified atom stereocenters. The van der Waals surface area contributed by atoms with Gasteiger partial charge in [0.1, 0.15) is 5.82 Å². The second-order valence-corrected chi connectivity index (χ2v) is 9.14. The molecule has 160 valence electrons. The maximum atomic E-state index is 12.6. The molecule has 6 nitrogen and oxygen atoms in total. The van der Waals surface area contributed by atoms with Gasteiger partial charge < -0.3 is 10.2 Å².